The molecule has 0 saturated carbocycles. The third kappa shape index (κ3) is 7.23. The molecule has 0 atom stereocenters. The van der Waals surface area contributed by atoms with Crippen LogP contribution in [0.1, 0.15) is 28.7 Å². The molecule has 9 heteroatoms. The number of allylic oxidation sites excluding steroid dienone is 1. The largest absolute Gasteiger partial charge is 0.462 e. The van der Waals surface area contributed by atoms with Crippen LogP contribution in [-0.4, -0.2) is 39.0 Å². The van der Waals surface area contributed by atoms with Crippen molar-refractivity contribution >= 4 is 41.1 Å². The first-order valence-corrected chi connectivity index (χ1v) is 12.4. The lowest BCUT2D eigenvalue weighted by Crippen LogP contribution is -2.15. The van der Waals surface area contributed by atoms with E-state index in [1.165, 1.54) is 17.3 Å². The van der Waals surface area contributed by atoms with Crippen LogP contribution in [0.15, 0.2) is 71.2 Å². The number of benzene rings is 2. The third-order valence-electron chi connectivity index (χ3n) is 4.51. The van der Waals surface area contributed by atoms with Gasteiger partial charge in [0, 0.05) is 17.1 Å². The number of carbonyl (C=O) groups is 2. The summed E-state index contributed by atoms with van der Waals surface area (Å²) in [7, 11) is 0. The molecule has 7 nitrogen and oxygen atoms in total. The van der Waals surface area contributed by atoms with E-state index < -0.39 is 0 Å². The summed E-state index contributed by atoms with van der Waals surface area (Å²) in [6.45, 7) is 8.52. The van der Waals surface area contributed by atoms with Crippen LogP contribution in [-0.2, 0) is 21.8 Å². The number of esters is 1. The molecule has 172 valence electrons. The highest BCUT2D eigenvalue weighted by molar-refractivity contribution is 7.99. The Bertz CT molecular complexity index is 1100. The van der Waals surface area contributed by atoms with E-state index in [0.29, 0.717) is 35.3 Å². The molecule has 0 saturated heterocycles. The molecule has 0 aliphatic carbocycles. The highest BCUT2D eigenvalue weighted by Gasteiger charge is 2.14. The van der Waals surface area contributed by atoms with Gasteiger partial charge in [0.15, 0.2) is 5.16 Å². The minimum atomic E-state index is -0.385. The van der Waals surface area contributed by atoms with Crippen LogP contribution < -0.4 is 5.32 Å². The second kappa shape index (κ2) is 12.3. The first kappa shape index (κ1) is 24.6. The van der Waals surface area contributed by atoms with Crippen LogP contribution in [0.5, 0.6) is 0 Å². The number of hydrogen-bond acceptors (Lipinski definition) is 7. The molecule has 3 rings (SSSR count). The number of anilines is 1. The van der Waals surface area contributed by atoms with Crippen LogP contribution >= 0.6 is 23.5 Å². The quantitative estimate of drug-likeness (QED) is 0.234. The Morgan fingerprint density at radius 1 is 1.09 bits per heavy atom. The zero-order chi connectivity index (χ0) is 23.6. The van der Waals surface area contributed by atoms with Crippen LogP contribution in [0, 0.1) is 6.92 Å². The van der Waals surface area contributed by atoms with E-state index in [1.54, 1.807) is 49.0 Å². The predicted octanol–water partition coefficient (Wildman–Crippen LogP) is 4.97. The highest BCUT2D eigenvalue weighted by atomic mass is 32.2. The summed E-state index contributed by atoms with van der Waals surface area (Å²) >= 11 is 3.01. The molecular weight excluding hydrogens is 456 g/mol. The van der Waals surface area contributed by atoms with Gasteiger partial charge < -0.3 is 14.6 Å². The van der Waals surface area contributed by atoms with Gasteiger partial charge in [-0.25, -0.2) is 4.79 Å². The highest BCUT2D eigenvalue weighted by Crippen LogP contribution is 2.25. The molecule has 0 radical (unpaired) electrons. The minimum absolute atomic E-state index is 0.174. The molecule has 0 spiro atoms. The molecule has 0 fully saturated rings. The predicted molar refractivity (Wildman–Crippen MR) is 133 cm³/mol. The van der Waals surface area contributed by atoms with Crippen molar-refractivity contribution < 1.29 is 14.3 Å². The number of nitrogens with zero attached hydrogens (tertiary/aromatic N) is 3. The molecule has 2 aromatic carbocycles. The van der Waals surface area contributed by atoms with E-state index in [0.717, 1.165) is 10.7 Å². The fourth-order valence-electron chi connectivity index (χ4n) is 2.86. The van der Waals surface area contributed by atoms with E-state index in [9.17, 15) is 9.59 Å². The van der Waals surface area contributed by atoms with E-state index in [1.807, 2.05) is 4.57 Å². The van der Waals surface area contributed by atoms with Gasteiger partial charge in [-0.15, -0.1) is 28.5 Å². The fraction of sp³-hybridized carbons (Fsp3) is 0.250. The van der Waals surface area contributed by atoms with Crippen molar-refractivity contribution in [2.24, 2.45) is 0 Å². The summed E-state index contributed by atoms with van der Waals surface area (Å²) in [5.74, 6) is 1.12. The summed E-state index contributed by atoms with van der Waals surface area (Å²) in [4.78, 5) is 25.3. The van der Waals surface area contributed by atoms with E-state index in [-0.39, 0.29) is 17.6 Å². The lowest BCUT2D eigenvalue weighted by molar-refractivity contribution is -0.113. The van der Waals surface area contributed by atoms with E-state index in [2.05, 4.69) is 53.3 Å². The Morgan fingerprint density at radius 2 is 1.82 bits per heavy atom. The Kier molecular flexibility index (Phi) is 9.14. The molecule has 0 bridgehead atoms. The summed E-state index contributed by atoms with van der Waals surface area (Å²) in [5, 5.41) is 12.1. The van der Waals surface area contributed by atoms with Crippen LogP contribution in [0.4, 0.5) is 5.69 Å². The fourth-order valence-corrected chi connectivity index (χ4v) is 4.46. The first-order chi connectivity index (χ1) is 16.0. The smallest absolute Gasteiger partial charge is 0.338 e. The second-order valence-corrected chi connectivity index (χ2v) is 9.03. The van der Waals surface area contributed by atoms with Gasteiger partial charge in [0.05, 0.1) is 23.7 Å². The molecule has 1 aromatic heterocycles. The van der Waals surface area contributed by atoms with Crippen molar-refractivity contribution in [3.63, 3.8) is 0 Å². The molecule has 1 N–H and O–H groups in total. The third-order valence-corrected chi connectivity index (χ3v) is 6.48. The molecule has 3 aromatic rings. The number of amides is 1. The number of aromatic nitrogens is 3. The van der Waals surface area contributed by atoms with Gasteiger partial charge in [0.1, 0.15) is 5.82 Å². The topological polar surface area (TPSA) is 86.1 Å². The lowest BCUT2D eigenvalue weighted by atomic mass is 10.2. The number of nitrogens with one attached hydrogen (secondary N) is 1. The molecule has 0 aliphatic heterocycles. The Hall–Kier alpha value is -3.04. The zero-order valence-corrected chi connectivity index (χ0v) is 20.2. The van der Waals surface area contributed by atoms with Crippen molar-refractivity contribution in [1.29, 1.82) is 0 Å². The van der Waals surface area contributed by atoms with Crippen LogP contribution in [0.25, 0.3) is 0 Å². The SMILES string of the molecule is C=CCn1c(CSc2ccc(C)cc2)nnc1SCC(=O)Nc1ccc(C(=O)OCC)cc1. The van der Waals surface area contributed by atoms with Crippen LogP contribution in [0.3, 0.4) is 0 Å². The Balaban J connectivity index is 1.56. The molecule has 1 amide bonds. The number of thioether (sulfide) groups is 2. The summed E-state index contributed by atoms with van der Waals surface area (Å²) in [5.41, 5.74) is 2.27. The zero-order valence-electron chi connectivity index (χ0n) is 18.6. The van der Waals surface area contributed by atoms with Gasteiger partial charge in [-0.3, -0.25) is 4.79 Å². The maximum Gasteiger partial charge on any atom is 0.338 e. The molecule has 0 aliphatic rings. The van der Waals surface area contributed by atoms with Crippen LogP contribution in [0.2, 0.25) is 0 Å². The van der Waals surface area contributed by atoms with Crippen molar-refractivity contribution in [3.8, 4) is 0 Å². The van der Waals surface area contributed by atoms with Crippen molar-refractivity contribution in [2.75, 3.05) is 17.7 Å². The van der Waals surface area contributed by atoms with Gasteiger partial charge in [0.25, 0.3) is 0 Å². The molecule has 0 unspecified atom stereocenters. The van der Waals surface area contributed by atoms with Gasteiger partial charge in [0.2, 0.25) is 5.91 Å². The average molecular weight is 483 g/mol. The maximum absolute atomic E-state index is 12.4. The normalized spacial score (nSPS) is 10.6. The number of ether oxygens (including phenoxy) is 1. The maximum atomic E-state index is 12.4. The standard InChI is InChI=1S/C24H26N4O3S2/c1-4-14-28-21(15-32-20-12-6-17(3)7-13-20)26-27-24(28)33-16-22(29)25-19-10-8-18(9-11-19)23(30)31-5-2/h4,6-13H,1,5,14-16H2,2-3H3,(H,25,29). The summed E-state index contributed by atoms with van der Waals surface area (Å²) in [6.07, 6.45) is 1.79. The first-order valence-electron chi connectivity index (χ1n) is 10.4. The number of carbonyl (C=O) groups excluding carboxylic acids is 2. The van der Waals surface area contributed by atoms with Crippen molar-refractivity contribution in [3.05, 3.63) is 78.1 Å². The second-order valence-electron chi connectivity index (χ2n) is 7.03. The van der Waals surface area contributed by atoms with Gasteiger partial charge in [-0.1, -0.05) is 35.5 Å². The van der Waals surface area contributed by atoms with Crippen molar-refractivity contribution in [2.45, 2.75) is 36.2 Å². The molecular formula is C24H26N4O3S2. The lowest BCUT2D eigenvalue weighted by Gasteiger charge is -2.09. The monoisotopic (exact) mass is 482 g/mol. The van der Waals surface area contributed by atoms with Crippen molar-refractivity contribution in [1.82, 2.24) is 14.8 Å². The van der Waals surface area contributed by atoms with E-state index >= 15 is 0 Å². The van der Waals surface area contributed by atoms with Gasteiger partial charge in [-0.2, -0.15) is 0 Å². The number of hydrogen-bond donors (Lipinski definition) is 1. The molecule has 1 heterocycles. The summed E-state index contributed by atoms with van der Waals surface area (Å²) in [6, 6.07) is 15.0. The Morgan fingerprint density at radius 3 is 2.48 bits per heavy atom. The van der Waals surface area contributed by atoms with E-state index in [4.69, 9.17) is 4.74 Å². The molecule has 33 heavy (non-hydrogen) atoms. The van der Waals surface area contributed by atoms with Gasteiger partial charge in [-0.05, 0) is 50.2 Å². The minimum Gasteiger partial charge on any atom is -0.462 e. The van der Waals surface area contributed by atoms with Gasteiger partial charge >= 0.3 is 5.97 Å². The summed E-state index contributed by atoms with van der Waals surface area (Å²) < 4.78 is 6.94. The Labute approximate surface area is 202 Å². The average Bonchev–Trinajstić information content (AvgIpc) is 3.19. The number of rotatable bonds is 11. The number of aryl methyl sites for hydroxylation is 1.